The van der Waals surface area contributed by atoms with Gasteiger partial charge in [0.05, 0.1) is 24.8 Å². The molecule has 28 heavy (non-hydrogen) atoms. The highest BCUT2D eigenvalue weighted by Gasteiger charge is 2.16. The van der Waals surface area contributed by atoms with E-state index in [1.165, 1.54) is 0 Å². The van der Waals surface area contributed by atoms with Crippen LogP contribution in [0.15, 0.2) is 42.5 Å². The quantitative estimate of drug-likeness (QED) is 0.440. The molecule has 6 nitrogen and oxygen atoms in total. The van der Waals surface area contributed by atoms with Crippen LogP contribution < -0.4 is 9.47 Å². The number of methoxy groups -OCH3 is 1. The van der Waals surface area contributed by atoms with E-state index in [2.05, 4.69) is 22.6 Å². The van der Waals surface area contributed by atoms with E-state index < -0.39 is 5.25 Å². The lowest BCUT2D eigenvalue weighted by Crippen LogP contribution is -2.20. The largest absolute Gasteiger partial charge is 0.497 e. The van der Waals surface area contributed by atoms with Crippen molar-refractivity contribution < 1.29 is 19.0 Å². The molecular formula is C21H24N2O4S. The van der Waals surface area contributed by atoms with Crippen molar-refractivity contribution in [1.29, 1.82) is 0 Å². The van der Waals surface area contributed by atoms with Crippen molar-refractivity contribution in [1.82, 2.24) is 9.97 Å². The molecule has 0 spiro atoms. The van der Waals surface area contributed by atoms with Gasteiger partial charge in [0.2, 0.25) is 0 Å². The topological polar surface area (TPSA) is 73.4 Å². The number of nitrogens with one attached hydrogen (secondary N) is 1. The Hall–Kier alpha value is -2.67. The Kier molecular flexibility index (Phi) is 6.46. The zero-order valence-electron chi connectivity index (χ0n) is 16.1. The van der Waals surface area contributed by atoms with Crippen molar-refractivity contribution in [3.63, 3.8) is 0 Å². The van der Waals surface area contributed by atoms with Crippen molar-refractivity contribution >= 4 is 29.6 Å². The van der Waals surface area contributed by atoms with E-state index in [9.17, 15) is 4.79 Å². The third kappa shape index (κ3) is 4.78. The Bertz CT molecular complexity index is 939. The number of hydrogen-bond acceptors (Lipinski definition) is 6. The third-order valence-corrected chi connectivity index (χ3v) is 4.71. The molecule has 0 saturated carbocycles. The van der Waals surface area contributed by atoms with Gasteiger partial charge in [0.25, 0.3) is 0 Å². The molecule has 2 atom stereocenters. The second-order valence-corrected chi connectivity index (χ2v) is 7.00. The van der Waals surface area contributed by atoms with E-state index in [4.69, 9.17) is 14.2 Å². The molecule has 0 aliphatic heterocycles. The van der Waals surface area contributed by atoms with E-state index in [1.807, 2.05) is 49.4 Å². The van der Waals surface area contributed by atoms with Gasteiger partial charge in [-0.1, -0.05) is 12.1 Å². The first kappa shape index (κ1) is 20.1. The molecule has 148 valence electrons. The van der Waals surface area contributed by atoms with Crippen LogP contribution in [0.1, 0.15) is 31.3 Å². The minimum Gasteiger partial charge on any atom is -0.497 e. The first-order chi connectivity index (χ1) is 13.5. The van der Waals surface area contributed by atoms with Crippen LogP contribution in [-0.4, -0.2) is 34.9 Å². The van der Waals surface area contributed by atoms with Crippen molar-refractivity contribution in [2.45, 2.75) is 31.6 Å². The summed E-state index contributed by atoms with van der Waals surface area (Å²) < 4.78 is 16.2. The van der Waals surface area contributed by atoms with Gasteiger partial charge in [-0.3, -0.25) is 4.79 Å². The molecule has 3 aromatic rings. The first-order valence-corrected chi connectivity index (χ1v) is 9.65. The highest BCUT2D eigenvalue weighted by Crippen LogP contribution is 2.25. The van der Waals surface area contributed by atoms with E-state index in [0.717, 1.165) is 33.9 Å². The summed E-state index contributed by atoms with van der Waals surface area (Å²) in [7, 11) is 1.64. The van der Waals surface area contributed by atoms with Gasteiger partial charge >= 0.3 is 5.97 Å². The van der Waals surface area contributed by atoms with E-state index in [-0.39, 0.29) is 12.1 Å². The predicted octanol–water partition coefficient (Wildman–Crippen LogP) is 4.12. The lowest BCUT2D eigenvalue weighted by atomic mass is 10.1. The minimum absolute atomic E-state index is 0.249. The number of carbonyl (C=O) groups excluding carboxylic acids is 1. The van der Waals surface area contributed by atoms with Crippen LogP contribution >= 0.6 is 12.6 Å². The number of rotatable bonds is 8. The maximum absolute atomic E-state index is 11.7. The number of thiol groups is 1. The van der Waals surface area contributed by atoms with Crippen LogP contribution in [0.4, 0.5) is 0 Å². The molecule has 2 aromatic carbocycles. The van der Waals surface area contributed by atoms with Gasteiger partial charge in [-0.25, -0.2) is 4.98 Å². The van der Waals surface area contributed by atoms with E-state index in [0.29, 0.717) is 13.0 Å². The number of imidazole rings is 1. The van der Waals surface area contributed by atoms with Gasteiger partial charge < -0.3 is 19.2 Å². The number of aromatic amines is 1. The van der Waals surface area contributed by atoms with E-state index >= 15 is 0 Å². The summed E-state index contributed by atoms with van der Waals surface area (Å²) in [6, 6.07) is 13.3. The summed E-state index contributed by atoms with van der Waals surface area (Å²) in [4.78, 5) is 19.5. The highest BCUT2D eigenvalue weighted by atomic mass is 32.1. The molecule has 0 amide bonds. The zero-order chi connectivity index (χ0) is 20.1. The number of H-pyrrole nitrogens is 1. The van der Waals surface area contributed by atoms with Crippen molar-refractivity contribution in [2.24, 2.45) is 0 Å². The summed E-state index contributed by atoms with van der Waals surface area (Å²) in [6.45, 7) is 4.08. The zero-order valence-corrected chi connectivity index (χ0v) is 17.0. The van der Waals surface area contributed by atoms with Gasteiger partial charge in [0.1, 0.15) is 22.6 Å². The molecule has 7 heteroatoms. The highest BCUT2D eigenvalue weighted by molar-refractivity contribution is 7.81. The Labute approximate surface area is 169 Å². The molecule has 1 N–H and O–H groups in total. The molecule has 1 heterocycles. The number of hydrogen-bond donors (Lipinski definition) is 2. The average Bonchev–Trinajstić information content (AvgIpc) is 3.13. The van der Waals surface area contributed by atoms with Crippen molar-refractivity contribution in [2.75, 3.05) is 13.7 Å². The molecule has 1 aromatic heterocycles. The molecule has 0 saturated heterocycles. The molecule has 0 aliphatic rings. The standard InChI is InChI=1S/C21H24N2O4S/c1-4-26-21(24)19(28)11-14-5-7-15(8-6-14)27-13(2)20-22-17-10-9-16(25-3)12-18(17)23-20/h5-10,12-13,19,28H,4,11H2,1-3H3,(H,22,23). The minimum atomic E-state index is -0.474. The number of carbonyl (C=O) groups is 1. The predicted molar refractivity (Wildman–Crippen MR) is 111 cm³/mol. The smallest absolute Gasteiger partial charge is 0.319 e. The number of aromatic nitrogens is 2. The summed E-state index contributed by atoms with van der Waals surface area (Å²) in [5.74, 6) is 1.93. The molecular weight excluding hydrogens is 376 g/mol. The van der Waals surface area contributed by atoms with Crippen LogP contribution in [-0.2, 0) is 16.0 Å². The Morgan fingerprint density at radius 2 is 1.89 bits per heavy atom. The van der Waals surface area contributed by atoms with E-state index in [1.54, 1.807) is 14.0 Å². The molecule has 0 radical (unpaired) electrons. The number of esters is 1. The Balaban J connectivity index is 1.64. The van der Waals surface area contributed by atoms with Gasteiger partial charge in [-0.15, -0.1) is 0 Å². The first-order valence-electron chi connectivity index (χ1n) is 9.14. The SMILES string of the molecule is CCOC(=O)C(S)Cc1ccc(OC(C)c2nc3ccc(OC)cc3[nH]2)cc1. The summed E-state index contributed by atoms with van der Waals surface area (Å²) in [5, 5.41) is -0.474. The van der Waals surface area contributed by atoms with Gasteiger partial charge in [-0.05, 0) is 50.1 Å². The molecule has 3 rings (SSSR count). The molecule has 0 fully saturated rings. The van der Waals surface area contributed by atoms with Crippen molar-refractivity contribution in [3.8, 4) is 11.5 Å². The Morgan fingerprint density at radius 1 is 1.18 bits per heavy atom. The lowest BCUT2D eigenvalue weighted by molar-refractivity contribution is -0.142. The maximum atomic E-state index is 11.7. The average molecular weight is 401 g/mol. The fourth-order valence-electron chi connectivity index (χ4n) is 2.84. The lowest BCUT2D eigenvalue weighted by Gasteiger charge is -2.13. The monoisotopic (exact) mass is 400 g/mol. The van der Waals surface area contributed by atoms with Crippen molar-refractivity contribution in [3.05, 3.63) is 53.9 Å². The number of fused-ring (bicyclic) bond motifs is 1. The normalized spacial score (nSPS) is 13.1. The fourth-order valence-corrected chi connectivity index (χ4v) is 3.12. The molecule has 2 unspecified atom stereocenters. The fraction of sp³-hybridized carbons (Fsp3) is 0.333. The van der Waals surface area contributed by atoms with Gasteiger partial charge in [0.15, 0.2) is 6.10 Å². The van der Waals surface area contributed by atoms with Crippen LogP contribution in [0.3, 0.4) is 0 Å². The van der Waals surface area contributed by atoms with Crippen LogP contribution in [0.25, 0.3) is 11.0 Å². The van der Waals surface area contributed by atoms with Crippen LogP contribution in [0.5, 0.6) is 11.5 Å². The Morgan fingerprint density at radius 3 is 2.57 bits per heavy atom. The number of ether oxygens (including phenoxy) is 3. The number of nitrogens with zero attached hydrogens (tertiary/aromatic N) is 1. The molecule has 0 aliphatic carbocycles. The number of benzene rings is 2. The van der Waals surface area contributed by atoms with Crippen LogP contribution in [0, 0.1) is 0 Å². The van der Waals surface area contributed by atoms with Gasteiger partial charge in [0, 0.05) is 6.07 Å². The van der Waals surface area contributed by atoms with Gasteiger partial charge in [-0.2, -0.15) is 12.6 Å². The third-order valence-electron chi connectivity index (χ3n) is 4.32. The second-order valence-electron chi connectivity index (χ2n) is 6.38. The molecule has 0 bridgehead atoms. The van der Waals surface area contributed by atoms with Crippen LogP contribution in [0.2, 0.25) is 0 Å². The second kappa shape index (κ2) is 9.01. The maximum Gasteiger partial charge on any atom is 0.319 e. The summed E-state index contributed by atoms with van der Waals surface area (Å²) in [6.07, 6.45) is 0.254. The summed E-state index contributed by atoms with van der Waals surface area (Å²) >= 11 is 4.31. The summed E-state index contributed by atoms with van der Waals surface area (Å²) in [5.41, 5.74) is 2.75.